The molecule has 2 rings (SSSR count). The molecule has 1 saturated heterocycles. The molecule has 1 fully saturated rings. The van der Waals surface area contributed by atoms with Gasteiger partial charge in [0.25, 0.3) is 0 Å². The van der Waals surface area contributed by atoms with E-state index in [0.29, 0.717) is 24.9 Å². The van der Waals surface area contributed by atoms with Gasteiger partial charge in [-0.3, -0.25) is 24.0 Å². The molecular formula is C25H38N6O6. The van der Waals surface area contributed by atoms with E-state index in [9.17, 15) is 29.1 Å². The predicted molar refractivity (Wildman–Crippen MR) is 136 cm³/mol. The molecule has 204 valence electrons. The van der Waals surface area contributed by atoms with Gasteiger partial charge in [-0.2, -0.15) is 0 Å². The minimum Gasteiger partial charge on any atom is -0.508 e. The Balaban J connectivity index is 2.39. The van der Waals surface area contributed by atoms with Crippen LogP contribution in [0.5, 0.6) is 5.75 Å². The van der Waals surface area contributed by atoms with Crippen molar-refractivity contribution in [2.75, 3.05) is 13.1 Å². The third kappa shape index (κ3) is 9.37. The van der Waals surface area contributed by atoms with Gasteiger partial charge in [0.1, 0.15) is 29.9 Å². The van der Waals surface area contributed by atoms with Gasteiger partial charge in [0.05, 0.1) is 6.54 Å². The predicted octanol–water partition coefficient (Wildman–Crippen LogP) is -1.19. The van der Waals surface area contributed by atoms with Gasteiger partial charge in [0.15, 0.2) is 0 Å². The first-order valence-electron chi connectivity index (χ1n) is 12.5. The van der Waals surface area contributed by atoms with Crippen molar-refractivity contribution in [2.45, 2.75) is 70.6 Å². The van der Waals surface area contributed by atoms with Crippen molar-refractivity contribution in [1.82, 2.24) is 26.6 Å². The SMILES string of the molecule is CC(C)[C@@H]1NC(=O)CNC(=O)[C@H](C)NC(=O)[C@H](Cc2ccc(O)cc2)NC(=O)[C@H](CCCCN)NC1=O. The average Bonchev–Trinajstić information content (AvgIpc) is 2.85. The maximum Gasteiger partial charge on any atom is 0.243 e. The van der Waals surface area contributed by atoms with Crippen LogP contribution in [0.1, 0.15) is 45.6 Å². The van der Waals surface area contributed by atoms with Gasteiger partial charge in [-0.05, 0) is 56.3 Å². The molecule has 4 atom stereocenters. The lowest BCUT2D eigenvalue weighted by Gasteiger charge is -2.26. The van der Waals surface area contributed by atoms with Gasteiger partial charge in [0, 0.05) is 6.42 Å². The Kier molecular flexibility index (Phi) is 11.3. The van der Waals surface area contributed by atoms with Crippen LogP contribution in [0.3, 0.4) is 0 Å². The molecule has 1 aliphatic rings. The van der Waals surface area contributed by atoms with E-state index in [-0.39, 0.29) is 31.1 Å². The van der Waals surface area contributed by atoms with Crippen LogP contribution < -0.4 is 32.3 Å². The molecule has 12 heteroatoms. The van der Waals surface area contributed by atoms with Crippen LogP contribution in [0.15, 0.2) is 24.3 Å². The van der Waals surface area contributed by atoms with Crippen LogP contribution in [0, 0.1) is 5.92 Å². The van der Waals surface area contributed by atoms with Crippen LogP contribution in [0.4, 0.5) is 0 Å². The molecule has 37 heavy (non-hydrogen) atoms. The minimum absolute atomic E-state index is 0.0511. The Hall–Kier alpha value is -3.67. The van der Waals surface area contributed by atoms with Crippen LogP contribution in [0.2, 0.25) is 0 Å². The Labute approximate surface area is 216 Å². The second-order valence-corrected chi connectivity index (χ2v) is 9.51. The van der Waals surface area contributed by atoms with Crippen molar-refractivity contribution >= 4 is 29.5 Å². The highest BCUT2D eigenvalue weighted by molar-refractivity contribution is 5.97. The number of nitrogens with two attached hydrogens (primary N) is 1. The largest absolute Gasteiger partial charge is 0.508 e. The zero-order valence-corrected chi connectivity index (χ0v) is 21.5. The lowest BCUT2D eigenvalue weighted by molar-refractivity contribution is -0.134. The summed E-state index contributed by atoms with van der Waals surface area (Å²) in [6, 6.07) is 2.17. The summed E-state index contributed by atoms with van der Waals surface area (Å²) in [5, 5.41) is 22.6. The number of nitrogens with one attached hydrogen (secondary N) is 5. The molecule has 1 heterocycles. The van der Waals surface area contributed by atoms with Gasteiger partial charge in [0.2, 0.25) is 29.5 Å². The van der Waals surface area contributed by atoms with E-state index in [1.807, 2.05) is 0 Å². The van der Waals surface area contributed by atoms with Crippen LogP contribution in [0.25, 0.3) is 0 Å². The first-order chi connectivity index (χ1) is 17.5. The normalized spacial score (nSPS) is 24.2. The average molecular weight is 519 g/mol. The fourth-order valence-corrected chi connectivity index (χ4v) is 3.83. The molecule has 0 radical (unpaired) electrons. The summed E-state index contributed by atoms with van der Waals surface area (Å²) in [6.45, 7) is 4.99. The highest BCUT2D eigenvalue weighted by Gasteiger charge is 2.32. The molecule has 5 amide bonds. The van der Waals surface area contributed by atoms with E-state index in [4.69, 9.17) is 5.73 Å². The highest BCUT2D eigenvalue weighted by atomic mass is 16.3. The Bertz CT molecular complexity index is 967. The third-order valence-corrected chi connectivity index (χ3v) is 6.03. The topological polar surface area (TPSA) is 192 Å². The van der Waals surface area contributed by atoms with Gasteiger partial charge >= 0.3 is 0 Å². The number of hydrogen-bond donors (Lipinski definition) is 7. The number of amides is 5. The fraction of sp³-hybridized carbons (Fsp3) is 0.560. The van der Waals surface area contributed by atoms with E-state index in [1.54, 1.807) is 26.0 Å². The first kappa shape index (κ1) is 29.6. The second-order valence-electron chi connectivity index (χ2n) is 9.51. The molecule has 0 aliphatic carbocycles. The molecule has 0 bridgehead atoms. The lowest BCUT2D eigenvalue weighted by atomic mass is 10.0. The lowest BCUT2D eigenvalue weighted by Crippen LogP contribution is -2.58. The number of hydrogen-bond acceptors (Lipinski definition) is 7. The molecule has 0 unspecified atom stereocenters. The zero-order valence-electron chi connectivity index (χ0n) is 21.5. The monoisotopic (exact) mass is 518 g/mol. The summed E-state index contributed by atoms with van der Waals surface area (Å²) in [4.78, 5) is 64.5. The van der Waals surface area contributed by atoms with Crippen molar-refractivity contribution in [3.63, 3.8) is 0 Å². The molecule has 0 saturated carbocycles. The third-order valence-electron chi connectivity index (χ3n) is 6.03. The van der Waals surface area contributed by atoms with Crippen molar-refractivity contribution in [1.29, 1.82) is 0 Å². The maximum atomic E-state index is 13.3. The van der Waals surface area contributed by atoms with E-state index >= 15 is 0 Å². The van der Waals surface area contributed by atoms with E-state index in [2.05, 4.69) is 26.6 Å². The van der Waals surface area contributed by atoms with Crippen molar-refractivity contribution in [2.24, 2.45) is 11.7 Å². The highest BCUT2D eigenvalue weighted by Crippen LogP contribution is 2.13. The van der Waals surface area contributed by atoms with E-state index in [0.717, 1.165) is 0 Å². The standard InChI is InChI=1S/C25H38N6O6/c1-14(2)21-25(37)29-18(6-4-5-11-26)23(35)30-19(12-16-7-9-17(32)10-8-16)24(36)28-15(3)22(34)27-13-20(33)31-21/h7-10,14-15,18-19,21,32H,4-6,11-13,26H2,1-3H3,(H,27,34)(H,28,36)(H,29,37)(H,30,35)(H,31,33)/t15-,18-,19-,21-/m0/s1. The molecular weight excluding hydrogens is 480 g/mol. The number of aromatic hydroxyl groups is 1. The molecule has 8 N–H and O–H groups in total. The quantitative estimate of drug-likeness (QED) is 0.221. The summed E-state index contributed by atoms with van der Waals surface area (Å²) >= 11 is 0. The van der Waals surface area contributed by atoms with Crippen LogP contribution in [-0.4, -0.2) is 71.9 Å². The number of unbranched alkanes of at least 4 members (excludes halogenated alkanes) is 1. The number of rotatable bonds is 7. The maximum absolute atomic E-state index is 13.3. The fourth-order valence-electron chi connectivity index (χ4n) is 3.83. The summed E-state index contributed by atoms with van der Waals surface area (Å²) < 4.78 is 0. The summed E-state index contributed by atoms with van der Waals surface area (Å²) in [5.74, 6) is -3.17. The zero-order chi connectivity index (χ0) is 27.5. The molecule has 0 spiro atoms. The van der Waals surface area contributed by atoms with Gasteiger partial charge in [-0.15, -0.1) is 0 Å². The van der Waals surface area contributed by atoms with Gasteiger partial charge in [-0.25, -0.2) is 0 Å². The number of benzene rings is 1. The molecule has 1 aromatic rings. The summed E-state index contributed by atoms with van der Waals surface area (Å²) in [7, 11) is 0. The van der Waals surface area contributed by atoms with Crippen molar-refractivity contribution in [3.05, 3.63) is 29.8 Å². The summed E-state index contributed by atoms with van der Waals surface area (Å²) in [6.07, 6.45) is 1.53. The van der Waals surface area contributed by atoms with Gasteiger partial charge < -0.3 is 37.4 Å². The summed E-state index contributed by atoms with van der Waals surface area (Å²) in [5.41, 5.74) is 6.25. The molecule has 1 aliphatic heterocycles. The van der Waals surface area contributed by atoms with Crippen LogP contribution in [-0.2, 0) is 30.4 Å². The van der Waals surface area contributed by atoms with E-state index < -0.39 is 53.7 Å². The number of phenols is 1. The number of carbonyl (C=O) groups is 5. The Morgan fingerprint density at radius 1 is 0.865 bits per heavy atom. The molecule has 1 aromatic carbocycles. The molecule has 0 aromatic heterocycles. The van der Waals surface area contributed by atoms with Gasteiger partial charge in [-0.1, -0.05) is 26.0 Å². The first-order valence-corrected chi connectivity index (χ1v) is 12.5. The van der Waals surface area contributed by atoms with E-state index in [1.165, 1.54) is 19.1 Å². The second kappa shape index (κ2) is 14.2. The van der Waals surface area contributed by atoms with Crippen LogP contribution >= 0.6 is 0 Å². The number of carbonyl (C=O) groups excluding carboxylic acids is 5. The Morgan fingerprint density at radius 2 is 1.49 bits per heavy atom. The Morgan fingerprint density at radius 3 is 2.11 bits per heavy atom. The van der Waals surface area contributed by atoms with Crippen molar-refractivity contribution in [3.8, 4) is 5.75 Å². The minimum atomic E-state index is -1.08. The van der Waals surface area contributed by atoms with Crippen molar-refractivity contribution < 1.29 is 29.1 Å². The smallest absolute Gasteiger partial charge is 0.243 e. The molecule has 12 nitrogen and oxygen atoms in total. The number of phenolic OH excluding ortho intramolecular Hbond substituents is 1.